The van der Waals surface area contributed by atoms with E-state index in [-0.39, 0.29) is 12.1 Å². The van der Waals surface area contributed by atoms with Gasteiger partial charge in [-0.3, -0.25) is 0 Å². The molecule has 0 bridgehead atoms. The summed E-state index contributed by atoms with van der Waals surface area (Å²) in [6, 6.07) is 16.6. The lowest BCUT2D eigenvalue weighted by molar-refractivity contribution is 0.202. The van der Waals surface area contributed by atoms with Crippen LogP contribution in [0.25, 0.3) is 0 Å². The lowest BCUT2D eigenvalue weighted by Gasteiger charge is -2.35. The molecule has 2 aromatic rings. The molecule has 1 aliphatic carbocycles. The predicted molar refractivity (Wildman–Crippen MR) is 90.5 cm³/mol. The molecule has 0 heterocycles. The Morgan fingerprint density at radius 1 is 1.10 bits per heavy atom. The highest BCUT2D eigenvalue weighted by atomic mass is 79.9. The van der Waals surface area contributed by atoms with Gasteiger partial charge in [0.1, 0.15) is 0 Å². The van der Waals surface area contributed by atoms with Crippen molar-refractivity contribution in [2.24, 2.45) is 0 Å². The van der Waals surface area contributed by atoms with Crippen molar-refractivity contribution in [2.45, 2.75) is 31.2 Å². The molecule has 0 spiro atoms. The summed E-state index contributed by atoms with van der Waals surface area (Å²) in [4.78, 5) is 0. The standard InChI is InChI=1S/C18H20BrNO/c19-15-8-5-9-16(12-15)20-18(13-21)11-4-3-7-14-6-1-2-10-17(14)18/h1-2,5-6,8-10,12,20-21H,3-4,7,11,13H2. The van der Waals surface area contributed by atoms with Crippen LogP contribution in [0.4, 0.5) is 5.69 Å². The number of benzene rings is 2. The van der Waals surface area contributed by atoms with E-state index < -0.39 is 0 Å². The number of hydrogen-bond acceptors (Lipinski definition) is 2. The fourth-order valence-corrected chi connectivity index (χ4v) is 3.66. The molecule has 0 radical (unpaired) electrons. The van der Waals surface area contributed by atoms with E-state index >= 15 is 0 Å². The van der Waals surface area contributed by atoms with Crippen molar-refractivity contribution in [1.82, 2.24) is 0 Å². The van der Waals surface area contributed by atoms with E-state index in [0.29, 0.717) is 0 Å². The van der Waals surface area contributed by atoms with Crippen LogP contribution in [0.3, 0.4) is 0 Å². The van der Waals surface area contributed by atoms with E-state index in [2.05, 4.69) is 57.6 Å². The maximum Gasteiger partial charge on any atom is 0.0859 e. The minimum atomic E-state index is -0.381. The van der Waals surface area contributed by atoms with Gasteiger partial charge in [-0.1, -0.05) is 52.7 Å². The Kier molecular flexibility index (Phi) is 4.32. The average molecular weight is 346 g/mol. The van der Waals surface area contributed by atoms with Crippen LogP contribution in [0.2, 0.25) is 0 Å². The van der Waals surface area contributed by atoms with Crippen molar-refractivity contribution in [3.8, 4) is 0 Å². The molecule has 0 amide bonds. The molecule has 3 rings (SSSR count). The van der Waals surface area contributed by atoms with Gasteiger partial charge in [-0.25, -0.2) is 0 Å². The Balaban J connectivity index is 2.03. The average Bonchev–Trinajstić information content (AvgIpc) is 2.68. The molecule has 0 aliphatic heterocycles. The zero-order valence-corrected chi connectivity index (χ0v) is 13.6. The smallest absolute Gasteiger partial charge is 0.0859 e. The third-order valence-corrected chi connectivity index (χ3v) is 4.80. The molecule has 0 saturated carbocycles. The second-order valence-corrected chi connectivity index (χ2v) is 6.66. The van der Waals surface area contributed by atoms with Gasteiger partial charge in [0, 0.05) is 10.2 Å². The van der Waals surface area contributed by atoms with Crippen LogP contribution in [0.1, 0.15) is 30.4 Å². The zero-order valence-electron chi connectivity index (χ0n) is 12.0. The van der Waals surface area contributed by atoms with Crippen molar-refractivity contribution in [2.75, 3.05) is 11.9 Å². The second-order valence-electron chi connectivity index (χ2n) is 5.74. The van der Waals surface area contributed by atoms with E-state index in [1.165, 1.54) is 17.5 Å². The van der Waals surface area contributed by atoms with Gasteiger partial charge in [0.25, 0.3) is 0 Å². The first-order valence-electron chi connectivity index (χ1n) is 7.46. The van der Waals surface area contributed by atoms with Gasteiger partial charge in [0.05, 0.1) is 12.1 Å². The van der Waals surface area contributed by atoms with E-state index in [4.69, 9.17) is 0 Å². The topological polar surface area (TPSA) is 32.3 Å². The maximum absolute atomic E-state index is 10.2. The normalized spacial score (nSPS) is 21.4. The van der Waals surface area contributed by atoms with E-state index in [1.54, 1.807) is 0 Å². The van der Waals surface area contributed by atoms with Gasteiger partial charge in [-0.2, -0.15) is 0 Å². The molecular formula is C18H20BrNO. The number of hydrogen-bond donors (Lipinski definition) is 2. The maximum atomic E-state index is 10.2. The van der Waals surface area contributed by atoms with Crippen LogP contribution in [0.15, 0.2) is 53.0 Å². The van der Waals surface area contributed by atoms with Crippen LogP contribution in [0, 0.1) is 0 Å². The minimum Gasteiger partial charge on any atom is -0.394 e. The Labute approximate surface area is 134 Å². The molecule has 0 saturated heterocycles. The Bertz CT molecular complexity index is 628. The first-order valence-corrected chi connectivity index (χ1v) is 8.26. The van der Waals surface area contributed by atoms with Crippen LogP contribution in [-0.2, 0) is 12.0 Å². The summed E-state index contributed by atoms with van der Waals surface area (Å²) < 4.78 is 1.04. The summed E-state index contributed by atoms with van der Waals surface area (Å²) in [6.07, 6.45) is 4.35. The molecule has 3 heteroatoms. The highest BCUT2D eigenvalue weighted by Crippen LogP contribution is 2.37. The third-order valence-electron chi connectivity index (χ3n) is 4.31. The fourth-order valence-electron chi connectivity index (χ4n) is 3.26. The zero-order chi connectivity index (χ0) is 14.7. The first-order chi connectivity index (χ1) is 10.2. The van der Waals surface area contributed by atoms with Gasteiger partial charge in [-0.05, 0) is 48.6 Å². The van der Waals surface area contributed by atoms with Crippen molar-refractivity contribution < 1.29 is 5.11 Å². The monoisotopic (exact) mass is 345 g/mol. The Morgan fingerprint density at radius 2 is 1.95 bits per heavy atom. The molecule has 0 fully saturated rings. The summed E-state index contributed by atoms with van der Waals surface area (Å²) >= 11 is 3.51. The predicted octanol–water partition coefficient (Wildman–Crippen LogP) is 4.48. The molecular weight excluding hydrogens is 326 g/mol. The summed E-state index contributed by atoms with van der Waals surface area (Å²) in [5.74, 6) is 0. The van der Waals surface area contributed by atoms with Gasteiger partial charge in [0.2, 0.25) is 0 Å². The van der Waals surface area contributed by atoms with Crippen molar-refractivity contribution in [1.29, 1.82) is 0 Å². The molecule has 1 atom stereocenters. The summed E-state index contributed by atoms with van der Waals surface area (Å²) in [6.45, 7) is 0.108. The number of aliphatic hydroxyl groups excluding tert-OH is 1. The van der Waals surface area contributed by atoms with Crippen molar-refractivity contribution >= 4 is 21.6 Å². The largest absolute Gasteiger partial charge is 0.394 e. The van der Waals surface area contributed by atoms with Crippen molar-refractivity contribution in [3.05, 3.63) is 64.1 Å². The number of aliphatic hydroxyl groups is 1. The van der Waals surface area contributed by atoms with Gasteiger partial charge in [-0.15, -0.1) is 0 Å². The summed E-state index contributed by atoms with van der Waals surface area (Å²) in [5.41, 5.74) is 3.25. The van der Waals surface area contributed by atoms with E-state index in [9.17, 15) is 5.11 Å². The lowest BCUT2D eigenvalue weighted by Crippen LogP contribution is -2.39. The number of rotatable bonds is 3. The Hall–Kier alpha value is -1.32. The van der Waals surface area contributed by atoms with Gasteiger partial charge < -0.3 is 10.4 Å². The number of halogens is 1. The van der Waals surface area contributed by atoms with Crippen LogP contribution >= 0.6 is 15.9 Å². The Morgan fingerprint density at radius 3 is 2.76 bits per heavy atom. The number of aryl methyl sites for hydroxylation is 1. The molecule has 2 nitrogen and oxygen atoms in total. The highest BCUT2D eigenvalue weighted by Gasteiger charge is 2.34. The van der Waals surface area contributed by atoms with E-state index in [0.717, 1.165) is 29.4 Å². The van der Waals surface area contributed by atoms with Crippen LogP contribution < -0.4 is 5.32 Å². The number of anilines is 1. The number of nitrogens with one attached hydrogen (secondary N) is 1. The minimum absolute atomic E-state index is 0.108. The third kappa shape index (κ3) is 2.99. The highest BCUT2D eigenvalue weighted by molar-refractivity contribution is 9.10. The molecule has 1 aliphatic rings. The van der Waals surface area contributed by atoms with E-state index in [1.807, 2.05) is 12.1 Å². The summed E-state index contributed by atoms with van der Waals surface area (Å²) in [5, 5.41) is 13.8. The molecule has 110 valence electrons. The quantitative estimate of drug-likeness (QED) is 0.804. The fraction of sp³-hybridized carbons (Fsp3) is 0.333. The van der Waals surface area contributed by atoms with Gasteiger partial charge >= 0.3 is 0 Å². The van der Waals surface area contributed by atoms with Crippen LogP contribution in [-0.4, -0.2) is 11.7 Å². The molecule has 2 aromatic carbocycles. The number of fused-ring (bicyclic) bond motifs is 1. The lowest BCUT2D eigenvalue weighted by atomic mass is 9.84. The second kappa shape index (κ2) is 6.20. The van der Waals surface area contributed by atoms with Gasteiger partial charge in [0.15, 0.2) is 0 Å². The molecule has 2 N–H and O–H groups in total. The first kappa shape index (κ1) is 14.6. The SMILES string of the molecule is OCC1(Nc2cccc(Br)c2)CCCCc2ccccc21. The molecule has 21 heavy (non-hydrogen) atoms. The van der Waals surface area contributed by atoms with Crippen molar-refractivity contribution in [3.63, 3.8) is 0 Å². The van der Waals surface area contributed by atoms with Crippen LogP contribution in [0.5, 0.6) is 0 Å². The molecule has 1 unspecified atom stereocenters. The molecule has 0 aromatic heterocycles. The summed E-state index contributed by atoms with van der Waals surface area (Å²) in [7, 11) is 0.